The molecule has 0 aliphatic carbocycles. The molecule has 142 valence electrons. The zero-order valence-corrected chi connectivity index (χ0v) is 15.4. The molecule has 0 aromatic heterocycles. The van der Waals surface area contributed by atoms with E-state index in [2.05, 4.69) is 0 Å². The average molecular weight is 370 g/mol. The third kappa shape index (κ3) is 4.43. The van der Waals surface area contributed by atoms with E-state index in [1.807, 2.05) is 32.1 Å². The molecule has 1 aliphatic heterocycles. The molecular formula is C22H23FO4. The van der Waals surface area contributed by atoms with Gasteiger partial charge in [-0.05, 0) is 54.3 Å². The fourth-order valence-electron chi connectivity index (χ4n) is 3.43. The lowest BCUT2D eigenvalue weighted by Crippen LogP contribution is -2.31. The van der Waals surface area contributed by atoms with Gasteiger partial charge in [0.05, 0.1) is 19.1 Å². The number of aliphatic hydroxyl groups excluding tert-OH is 2. The van der Waals surface area contributed by atoms with Gasteiger partial charge in [0.2, 0.25) is 0 Å². The van der Waals surface area contributed by atoms with Crippen molar-refractivity contribution in [1.29, 1.82) is 0 Å². The van der Waals surface area contributed by atoms with Crippen LogP contribution in [0.25, 0.3) is 17.2 Å². The van der Waals surface area contributed by atoms with E-state index in [1.165, 1.54) is 6.07 Å². The van der Waals surface area contributed by atoms with Gasteiger partial charge in [0.25, 0.3) is 0 Å². The molecule has 0 bridgehead atoms. The van der Waals surface area contributed by atoms with E-state index in [9.17, 15) is 19.4 Å². The lowest BCUT2D eigenvalue weighted by Gasteiger charge is -2.23. The number of esters is 1. The Kier molecular flexibility index (Phi) is 5.73. The molecule has 2 N–H and O–H groups in total. The van der Waals surface area contributed by atoms with Crippen molar-refractivity contribution in [3.8, 4) is 11.1 Å². The van der Waals surface area contributed by atoms with Crippen LogP contribution in [0.1, 0.15) is 35.1 Å². The Morgan fingerprint density at radius 1 is 1.26 bits per heavy atom. The normalized spacial score (nSPS) is 20.1. The second kappa shape index (κ2) is 8.03. The lowest BCUT2D eigenvalue weighted by atomic mass is 9.92. The molecule has 5 heteroatoms. The first-order chi connectivity index (χ1) is 12.9. The number of ether oxygens (including phenoxy) is 1. The molecular weight excluding hydrogens is 347 g/mol. The van der Waals surface area contributed by atoms with Crippen molar-refractivity contribution in [2.24, 2.45) is 0 Å². The van der Waals surface area contributed by atoms with Gasteiger partial charge in [-0.1, -0.05) is 29.8 Å². The largest absolute Gasteiger partial charge is 0.458 e. The smallest absolute Gasteiger partial charge is 0.309 e. The zero-order chi connectivity index (χ0) is 19.6. The first-order valence-electron chi connectivity index (χ1n) is 8.94. The maximum absolute atomic E-state index is 13.8. The monoisotopic (exact) mass is 370 g/mol. The number of carbonyl (C=O) groups is 1. The van der Waals surface area contributed by atoms with Gasteiger partial charge in [-0.2, -0.15) is 0 Å². The molecule has 1 heterocycles. The van der Waals surface area contributed by atoms with E-state index >= 15 is 0 Å². The minimum Gasteiger partial charge on any atom is -0.458 e. The molecule has 2 atom stereocenters. The number of halogens is 1. The third-order valence-corrected chi connectivity index (χ3v) is 4.73. The summed E-state index contributed by atoms with van der Waals surface area (Å²) in [6, 6.07) is 8.73. The van der Waals surface area contributed by atoms with Crippen LogP contribution in [0.15, 0.2) is 36.4 Å². The lowest BCUT2D eigenvalue weighted by molar-refractivity contribution is -0.156. The summed E-state index contributed by atoms with van der Waals surface area (Å²) >= 11 is 0. The van der Waals surface area contributed by atoms with Crippen molar-refractivity contribution in [1.82, 2.24) is 0 Å². The molecule has 1 aliphatic rings. The fourth-order valence-corrected chi connectivity index (χ4v) is 3.43. The molecule has 27 heavy (non-hydrogen) atoms. The molecule has 0 spiro atoms. The Bertz CT molecular complexity index is 888. The van der Waals surface area contributed by atoms with E-state index in [1.54, 1.807) is 18.2 Å². The Morgan fingerprint density at radius 3 is 2.74 bits per heavy atom. The summed E-state index contributed by atoms with van der Waals surface area (Å²) in [5.41, 5.74) is 4.96. The third-order valence-electron chi connectivity index (χ3n) is 4.73. The molecule has 2 aromatic rings. The van der Waals surface area contributed by atoms with Crippen LogP contribution in [0.5, 0.6) is 0 Å². The Morgan fingerprint density at radius 2 is 2.04 bits per heavy atom. The number of rotatable bonds is 4. The second-order valence-electron chi connectivity index (χ2n) is 6.99. The number of aliphatic hydroxyl groups is 2. The minimum absolute atomic E-state index is 0.0265. The second-order valence-corrected chi connectivity index (χ2v) is 6.99. The van der Waals surface area contributed by atoms with Gasteiger partial charge >= 0.3 is 5.97 Å². The number of benzene rings is 2. The zero-order valence-electron chi connectivity index (χ0n) is 15.4. The Balaban J connectivity index is 2.00. The summed E-state index contributed by atoms with van der Waals surface area (Å²) in [7, 11) is 0. The molecule has 3 rings (SSSR count). The molecule has 1 saturated heterocycles. The van der Waals surface area contributed by atoms with Crippen LogP contribution in [0.2, 0.25) is 0 Å². The molecule has 2 aromatic carbocycles. The van der Waals surface area contributed by atoms with Crippen LogP contribution in [-0.2, 0) is 16.1 Å². The maximum atomic E-state index is 13.8. The molecule has 0 unspecified atom stereocenters. The van der Waals surface area contributed by atoms with Gasteiger partial charge in [0.15, 0.2) is 0 Å². The van der Waals surface area contributed by atoms with Crippen molar-refractivity contribution >= 4 is 12.0 Å². The fraction of sp³-hybridized carbons (Fsp3) is 0.318. The van der Waals surface area contributed by atoms with E-state index in [0.717, 1.165) is 27.8 Å². The number of aryl methyl sites for hydroxylation is 2. The van der Waals surface area contributed by atoms with Crippen LogP contribution in [0.3, 0.4) is 0 Å². The van der Waals surface area contributed by atoms with Gasteiger partial charge < -0.3 is 14.9 Å². The molecule has 0 radical (unpaired) electrons. The number of cyclic esters (lactones) is 1. The standard InChI is InChI=1S/C22H23FO4/c1-13-7-14(2)19(5-4-18-10-17(25)11-22(26)27-18)20(8-13)15-3-6-21(23)16(9-15)12-24/h3-9,17-18,24-25H,10-12H2,1-2H3/t17-,18-/m0/s1. The maximum Gasteiger partial charge on any atom is 0.309 e. The first kappa shape index (κ1) is 19.3. The highest BCUT2D eigenvalue weighted by atomic mass is 19.1. The predicted molar refractivity (Wildman–Crippen MR) is 101 cm³/mol. The van der Waals surface area contributed by atoms with Crippen LogP contribution in [-0.4, -0.2) is 28.4 Å². The Labute approximate surface area is 157 Å². The highest BCUT2D eigenvalue weighted by molar-refractivity contribution is 5.78. The summed E-state index contributed by atoms with van der Waals surface area (Å²) in [4.78, 5) is 11.5. The van der Waals surface area contributed by atoms with Crippen LogP contribution >= 0.6 is 0 Å². The topological polar surface area (TPSA) is 66.8 Å². The van der Waals surface area contributed by atoms with E-state index in [4.69, 9.17) is 4.74 Å². The number of carbonyl (C=O) groups excluding carboxylic acids is 1. The highest BCUT2D eigenvalue weighted by Gasteiger charge is 2.25. The van der Waals surface area contributed by atoms with Crippen LogP contribution in [0.4, 0.5) is 4.39 Å². The average Bonchev–Trinajstić information content (AvgIpc) is 2.60. The van der Waals surface area contributed by atoms with Gasteiger partial charge in [0.1, 0.15) is 11.9 Å². The summed E-state index contributed by atoms with van der Waals surface area (Å²) < 4.78 is 19.0. The molecule has 1 fully saturated rings. The molecule has 0 saturated carbocycles. The summed E-state index contributed by atoms with van der Waals surface area (Å²) in [5, 5.41) is 19.1. The number of hydrogen-bond donors (Lipinski definition) is 2. The summed E-state index contributed by atoms with van der Waals surface area (Å²) in [6.45, 7) is 3.60. The minimum atomic E-state index is -0.691. The first-order valence-corrected chi connectivity index (χ1v) is 8.94. The summed E-state index contributed by atoms with van der Waals surface area (Å²) in [6.07, 6.45) is 2.88. The molecule has 4 nitrogen and oxygen atoms in total. The van der Waals surface area contributed by atoms with Crippen LogP contribution in [0, 0.1) is 19.7 Å². The number of hydrogen-bond acceptors (Lipinski definition) is 4. The van der Waals surface area contributed by atoms with Crippen molar-refractivity contribution in [3.05, 3.63) is 64.5 Å². The summed E-state index contributed by atoms with van der Waals surface area (Å²) in [5.74, 6) is -0.846. The van der Waals surface area contributed by atoms with Crippen molar-refractivity contribution in [2.45, 2.75) is 45.5 Å². The molecule has 0 amide bonds. The van der Waals surface area contributed by atoms with Gasteiger partial charge in [-0.25, -0.2) is 4.39 Å². The quantitative estimate of drug-likeness (QED) is 0.806. The predicted octanol–water partition coefficient (Wildman–Crippen LogP) is 3.68. The van der Waals surface area contributed by atoms with E-state index in [-0.39, 0.29) is 18.6 Å². The van der Waals surface area contributed by atoms with Gasteiger partial charge in [-0.15, -0.1) is 0 Å². The van der Waals surface area contributed by atoms with Gasteiger partial charge in [-0.3, -0.25) is 4.79 Å². The van der Waals surface area contributed by atoms with E-state index < -0.39 is 24.0 Å². The Hall–Kier alpha value is -2.50. The van der Waals surface area contributed by atoms with Crippen molar-refractivity contribution < 1.29 is 24.1 Å². The van der Waals surface area contributed by atoms with Crippen molar-refractivity contribution in [2.75, 3.05) is 0 Å². The van der Waals surface area contributed by atoms with Gasteiger partial charge in [0, 0.05) is 12.0 Å². The van der Waals surface area contributed by atoms with Crippen molar-refractivity contribution in [3.63, 3.8) is 0 Å². The highest BCUT2D eigenvalue weighted by Crippen LogP contribution is 2.31. The van der Waals surface area contributed by atoms with Crippen LogP contribution < -0.4 is 0 Å². The van der Waals surface area contributed by atoms with E-state index in [0.29, 0.717) is 6.42 Å². The SMILES string of the molecule is Cc1cc(C)c(C=C[C@H]2C[C@H](O)CC(=O)O2)c(-c2ccc(F)c(CO)c2)c1.